The monoisotopic (exact) mass is 170 g/mol. The van der Waals surface area contributed by atoms with Gasteiger partial charge in [0, 0.05) is 0 Å². The molecular weight excluding hydrogens is 159 g/mol. The van der Waals surface area contributed by atoms with Crippen LogP contribution in [0.4, 0.5) is 0 Å². The van der Waals surface area contributed by atoms with Gasteiger partial charge in [-0.1, -0.05) is 0 Å². The molecule has 1 rings (SSSR count). The van der Waals surface area contributed by atoms with E-state index in [1.54, 1.807) is 0 Å². The molecule has 1 amide bonds. The zero-order valence-corrected chi connectivity index (χ0v) is 6.62. The van der Waals surface area contributed by atoms with Gasteiger partial charge in [0.25, 0.3) is 0 Å². The third-order valence-corrected chi connectivity index (χ3v) is 1.85. The molecule has 66 valence electrons. The van der Waals surface area contributed by atoms with E-state index in [1.165, 1.54) is 0 Å². The number of carbonyl (C=O) groups is 1. The molecule has 0 aliphatic carbocycles. The molecule has 0 radical (unpaired) electrons. The number of aliphatic hydroxyl groups is 1. The fourth-order valence-corrected chi connectivity index (χ4v) is 1.24. The standard InChI is InChI=1S/C6H11BN2O3/c10-2-4-1-5(6(11)9-4)8-3-7-12/h4-5,8,10H,1-3H2,(H,9,11). The van der Waals surface area contributed by atoms with Crippen molar-refractivity contribution < 1.29 is 14.6 Å². The van der Waals surface area contributed by atoms with Gasteiger partial charge in [0.2, 0.25) is 0 Å². The summed E-state index contributed by atoms with van der Waals surface area (Å²) in [5.41, 5.74) is 0. The van der Waals surface area contributed by atoms with Crippen LogP contribution in [0.2, 0.25) is 0 Å². The molecule has 1 aliphatic rings. The van der Waals surface area contributed by atoms with Crippen LogP contribution in [0.15, 0.2) is 0 Å². The number of hydrogen-bond donors (Lipinski definition) is 3. The second-order valence-corrected chi connectivity index (χ2v) is 2.75. The first-order chi connectivity index (χ1) is 5.77. The molecule has 0 bridgehead atoms. The van der Waals surface area contributed by atoms with Crippen molar-refractivity contribution in [3.63, 3.8) is 0 Å². The van der Waals surface area contributed by atoms with Crippen molar-refractivity contribution in [2.24, 2.45) is 0 Å². The van der Waals surface area contributed by atoms with Gasteiger partial charge in [-0.15, -0.1) is 0 Å². The van der Waals surface area contributed by atoms with Crippen molar-refractivity contribution in [1.82, 2.24) is 10.6 Å². The van der Waals surface area contributed by atoms with Gasteiger partial charge in [0.1, 0.15) is 0 Å². The summed E-state index contributed by atoms with van der Waals surface area (Å²) in [6.45, 7) is -0.0506. The second kappa shape index (κ2) is 4.32. The number of hydrogen-bond acceptors (Lipinski definition) is 4. The van der Waals surface area contributed by atoms with Gasteiger partial charge in [-0.2, -0.15) is 0 Å². The Morgan fingerprint density at radius 2 is 2.50 bits per heavy atom. The molecule has 1 saturated heterocycles. The summed E-state index contributed by atoms with van der Waals surface area (Å²) in [7, 11) is 0.708. The molecule has 0 saturated carbocycles. The van der Waals surface area contributed by atoms with E-state index in [4.69, 9.17) is 5.11 Å². The van der Waals surface area contributed by atoms with E-state index >= 15 is 0 Å². The van der Waals surface area contributed by atoms with Crippen molar-refractivity contribution >= 4 is 13.1 Å². The van der Waals surface area contributed by atoms with Crippen molar-refractivity contribution in [2.45, 2.75) is 18.5 Å². The Kier molecular flexibility index (Phi) is 3.37. The summed E-state index contributed by atoms with van der Waals surface area (Å²) in [4.78, 5) is 11.0. The summed E-state index contributed by atoms with van der Waals surface area (Å²) in [5.74, 6) is -0.143. The van der Waals surface area contributed by atoms with Crippen LogP contribution in [-0.2, 0) is 9.50 Å². The quantitative estimate of drug-likeness (QED) is 0.419. The van der Waals surface area contributed by atoms with Crippen molar-refractivity contribution in [3.05, 3.63) is 0 Å². The average Bonchev–Trinajstić information content (AvgIpc) is 2.43. The fraction of sp³-hybridized carbons (Fsp3) is 0.833. The van der Waals surface area contributed by atoms with Crippen LogP contribution in [0.5, 0.6) is 0 Å². The van der Waals surface area contributed by atoms with E-state index in [1.807, 2.05) is 0 Å². The number of carbonyl (C=O) groups excluding carboxylic acids is 1. The number of nitrogens with one attached hydrogen (secondary N) is 2. The summed E-state index contributed by atoms with van der Waals surface area (Å²) in [6, 6.07) is -0.492. The maximum absolute atomic E-state index is 11.0. The van der Waals surface area contributed by atoms with E-state index in [0.29, 0.717) is 13.6 Å². The zero-order chi connectivity index (χ0) is 8.97. The number of amides is 1. The number of rotatable bonds is 4. The molecule has 1 heterocycles. The topological polar surface area (TPSA) is 78.4 Å². The molecule has 1 fully saturated rings. The molecule has 0 aromatic heterocycles. The van der Waals surface area contributed by atoms with Crippen LogP contribution in [-0.4, -0.2) is 43.3 Å². The van der Waals surface area contributed by atoms with E-state index < -0.39 is 0 Å². The first kappa shape index (κ1) is 9.34. The van der Waals surface area contributed by atoms with E-state index in [9.17, 15) is 9.50 Å². The fourth-order valence-electron chi connectivity index (χ4n) is 1.24. The predicted octanol–water partition coefficient (Wildman–Crippen LogP) is -2.17. The van der Waals surface area contributed by atoms with Gasteiger partial charge < -0.3 is 0 Å². The van der Waals surface area contributed by atoms with Crippen LogP contribution in [0.1, 0.15) is 6.42 Å². The van der Waals surface area contributed by atoms with Gasteiger partial charge in [-0.3, -0.25) is 0 Å². The molecule has 0 aromatic rings. The molecule has 6 heteroatoms. The first-order valence-corrected chi connectivity index (χ1v) is 3.86. The van der Waals surface area contributed by atoms with Crippen LogP contribution in [0, 0.1) is 0 Å². The number of aliphatic hydroxyl groups excluding tert-OH is 1. The Hall–Kier alpha value is -0.745. The Morgan fingerprint density at radius 1 is 1.75 bits per heavy atom. The maximum atomic E-state index is 11.0. The molecule has 1 aliphatic heterocycles. The van der Waals surface area contributed by atoms with Crippen LogP contribution in [0.3, 0.4) is 0 Å². The Balaban J connectivity index is 2.35. The van der Waals surface area contributed by atoms with E-state index in [-0.39, 0.29) is 31.0 Å². The van der Waals surface area contributed by atoms with Gasteiger partial charge >= 0.3 is 69.9 Å². The zero-order valence-electron chi connectivity index (χ0n) is 6.62. The minimum atomic E-state index is -0.327. The van der Waals surface area contributed by atoms with E-state index in [0.717, 1.165) is 0 Å². The van der Waals surface area contributed by atoms with E-state index in [2.05, 4.69) is 10.6 Å². The molecule has 5 nitrogen and oxygen atoms in total. The molecule has 12 heavy (non-hydrogen) atoms. The SMILES string of the molecule is O=BCNC1CC(CO)NC1=O. The van der Waals surface area contributed by atoms with Gasteiger partial charge in [-0.25, -0.2) is 0 Å². The van der Waals surface area contributed by atoms with Gasteiger partial charge in [0.05, 0.1) is 0 Å². The second-order valence-electron chi connectivity index (χ2n) is 2.75. The predicted molar refractivity (Wildman–Crippen MR) is 41.9 cm³/mol. The first-order valence-electron chi connectivity index (χ1n) is 3.86. The van der Waals surface area contributed by atoms with Crippen molar-refractivity contribution in [3.8, 4) is 0 Å². The van der Waals surface area contributed by atoms with Crippen LogP contribution in [0.25, 0.3) is 0 Å². The summed E-state index contributed by atoms with van der Waals surface area (Å²) in [5, 5.41) is 14.1. The van der Waals surface area contributed by atoms with Gasteiger partial charge in [0.15, 0.2) is 0 Å². The minimum absolute atomic E-state index is 0.0506. The third-order valence-electron chi connectivity index (χ3n) is 1.85. The van der Waals surface area contributed by atoms with Crippen LogP contribution >= 0.6 is 0 Å². The normalized spacial score (nSPS) is 28.2. The molecule has 2 unspecified atom stereocenters. The summed E-state index contributed by atoms with van der Waals surface area (Å²) >= 11 is 0. The van der Waals surface area contributed by atoms with Crippen LogP contribution < -0.4 is 10.6 Å². The van der Waals surface area contributed by atoms with Crippen molar-refractivity contribution in [1.29, 1.82) is 0 Å². The summed E-state index contributed by atoms with van der Waals surface area (Å²) in [6.07, 6.45) is 0.722. The molecule has 2 atom stereocenters. The Labute approximate surface area is 70.8 Å². The van der Waals surface area contributed by atoms with Crippen molar-refractivity contribution in [2.75, 3.05) is 13.1 Å². The Morgan fingerprint density at radius 3 is 3.00 bits per heavy atom. The van der Waals surface area contributed by atoms with Gasteiger partial charge in [-0.05, 0) is 0 Å². The summed E-state index contributed by atoms with van der Waals surface area (Å²) < 4.78 is 9.98. The third kappa shape index (κ3) is 2.12. The molecular formula is C6H11BN2O3. The molecule has 0 aromatic carbocycles. The average molecular weight is 170 g/mol. The Bertz CT molecular complexity index is 188. The molecule has 3 N–H and O–H groups in total. The molecule has 0 spiro atoms.